The van der Waals surface area contributed by atoms with Gasteiger partial charge in [-0.15, -0.1) is 0 Å². The number of benzene rings is 3. The molecule has 2 aliphatic heterocycles. The number of nitrogens with one attached hydrogen (secondary N) is 2. The number of aromatic nitrogens is 1. The summed E-state index contributed by atoms with van der Waals surface area (Å²) in [7, 11) is 0. The van der Waals surface area contributed by atoms with Gasteiger partial charge in [-0.25, -0.2) is 0 Å². The number of ether oxygens (including phenoxy) is 2. The Labute approximate surface area is 230 Å². The molecule has 3 aromatic carbocycles. The number of hydrogen-bond acceptors (Lipinski definition) is 6. The van der Waals surface area contributed by atoms with Crippen molar-refractivity contribution in [3.8, 4) is 11.5 Å². The lowest BCUT2D eigenvalue weighted by Gasteiger charge is -2.18. The van der Waals surface area contributed by atoms with Crippen molar-refractivity contribution in [2.24, 2.45) is 0 Å². The monoisotopic (exact) mass is 542 g/mol. The number of carbonyl (C=O) groups excluding carboxylic acids is 2. The van der Waals surface area contributed by atoms with Crippen molar-refractivity contribution < 1.29 is 19.1 Å². The van der Waals surface area contributed by atoms with Crippen LogP contribution in [0.2, 0.25) is 5.02 Å². The van der Waals surface area contributed by atoms with E-state index in [4.69, 9.17) is 26.1 Å². The maximum atomic E-state index is 13.1. The molecule has 0 spiro atoms. The van der Waals surface area contributed by atoms with Gasteiger partial charge in [-0.05, 0) is 86.6 Å². The SMILES string of the molecule is O=C(Nc1ccc(Cl)c(NC(=O)c2ccc3nc(CN4CCCC4)ccc3c2)c1)c1ccc2c(c1)OCCO2. The number of likely N-dealkylation sites (tertiary alicyclic amines) is 1. The van der Waals surface area contributed by atoms with E-state index in [1.54, 1.807) is 42.5 Å². The Morgan fingerprint density at radius 2 is 1.56 bits per heavy atom. The van der Waals surface area contributed by atoms with E-state index in [1.165, 1.54) is 12.8 Å². The Kier molecular flexibility index (Phi) is 7.04. The molecule has 1 fully saturated rings. The van der Waals surface area contributed by atoms with Crippen LogP contribution in [0, 0.1) is 0 Å². The number of pyridine rings is 1. The summed E-state index contributed by atoms with van der Waals surface area (Å²) in [4.78, 5) is 33.1. The van der Waals surface area contributed by atoms with Gasteiger partial charge in [0, 0.05) is 28.7 Å². The normalized spacial score (nSPS) is 14.8. The molecule has 9 heteroatoms. The lowest BCUT2D eigenvalue weighted by Crippen LogP contribution is -2.19. The predicted octanol–water partition coefficient (Wildman–Crippen LogP) is 5.76. The van der Waals surface area contributed by atoms with Gasteiger partial charge in [-0.2, -0.15) is 0 Å². The molecule has 0 aliphatic carbocycles. The molecule has 0 saturated carbocycles. The zero-order valence-corrected chi connectivity index (χ0v) is 22.0. The summed E-state index contributed by atoms with van der Waals surface area (Å²) in [5.41, 5.74) is 3.67. The molecule has 2 amide bonds. The maximum absolute atomic E-state index is 13.1. The van der Waals surface area contributed by atoms with Gasteiger partial charge in [0.05, 0.1) is 21.9 Å². The number of hydrogen-bond donors (Lipinski definition) is 2. The van der Waals surface area contributed by atoms with Crippen molar-refractivity contribution in [1.82, 2.24) is 9.88 Å². The third-order valence-corrected chi connectivity index (χ3v) is 7.20. The topological polar surface area (TPSA) is 92.8 Å². The molecule has 198 valence electrons. The van der Waals surface area contributed by atoms with E-state index in [9.17, 15) is 9.59 Å². The van der Waals surface area contributed by atoms with Crippen LogP contribution in [-0.4, -0.2) is 48.0 Å². The van der Waals surface area contributed by atoms with Crippen molar-refractivity contribution in [2.45, 2.75) is 19.4 Å². The van der Waals surface area contributed by atoms with Gasteiger partial charge in [0.2, 0.25) is 0 Å². The fraction of sp³-hybridized carbons (Fsp3) is 0.233. The van der Waals surface area contributed by atoms with Crippen LogP contribution in [-0.2, 0) is 6.54 Å². The van der Waals surface area contributed by atoms with E-state index in [0.29, 0.717) is 52.2 Å². The molecule has 8 nitrogen and oxygen atoms in total. The van der Waals surface area contributed by atoms with Crippen LogP contribution in [0.4, 0.5) is 11.4 Å². The van der Waals surface area contributed by atoms with E-state index in [0.717, 1.165) is 36.2 Å². The third kappa shape index (κ3) is 5.67. The van der Waals surface area contributed by atoms with E-state index in [-0.39, 0.29) is 11.8 Å². The molecule has 6 rings (SSSR count). The zero-order chi connectivity index (χ0) is 26.8. The van der Waals surface area contributed by atoms with Gasteiger partial charge < -0.3 is 20.1 Å². The Balaban J connectivity index is 1.14. The molecule has 1 saturated heterocycles. The Hall–Kier alpha value is -4.14. The molecule has 0 atom stereocenters. The first-order chi connectivity index (χ1) is 19.0. The van der Waals surface area contributed by atoms with Crippen LogP contribution in [0.1, 0.15) is 39.3 Å². The highest BCUT2D eigenvalue weighted by molar-refractivity contribution is 6.34. The Morgan fingerprint density at radius 1 is 0.821 bits per heavy atom. The lowest BCUT2D eigenvalue weighted by molar-refractivity contribution is 0.101. The summed E-state index contributed by atoms with van der Waals surface area (Å²) in [6, 6.07) is 19.4. The average Bonchev–Trinajstić information content (AvgIpc) is 3.47. The van der Waals surface area contributed by atoms with Crippen LogP contribution in [0.3, 0.4) is 0 Å². The van der Waals surface area contributed by atoms with Crippen LogP contribution in [0.5, 0.6) is 11.5 Å². The minimum absolute atomic E-state index is 0.310. The lowest BCUT2D eigenvalue weighted by atomic mass is 10.1. The molecular formula is C30H27ClN4O4. The second kappa shape index (κ2) is 10.9. The highest BCUT2D eigenvalue weighted by Crippen LogP contribution is 2.32. The quantitative estimate of drug-likeness (QED) is 0.322. The predicted molar refractivity (Wildman–Crippen MR) is 151 cm³/mol. The van der Waals surface area contributed by atoms with E-state index >= 15 is 0 Å². The number of nitrogens with zero attached hydrogens (tertiary/aromatic N) is 2. The van der Waals surface area contributed by atoms with Gasteiger partial charge in [0.25, 0.3) is 11.8 Å². The second-order valence-electron chi connectivity index (χ2n) is 9.65. The Morgan fingerprint density at radius 3 is 2.41 bits per heavy atom. The highest BCUT2D eigenvalue weighted by atomic mass is 35.5. The minimum Gasteiger partial charge on any atom is -0.486 e. The molecule has 0 bridgehead atoms. The minimum atomic E-state index is -0.322. The molecular weight excluding hydrogens is 516 g/mol. The third-order valence-electron chi connectivity index (χ3n) is 6.87. The number of anilines is 2. The molecule has 3 heterocycles. The fourth-order valence-corrected chi connectivity index (χ4v) is 5.01. The van der Waals surface area contributed by atoms with Crippen molar-refractivity contribution >= 4 is 45.7 Å². The standard InChI is InChI=1S/C30H27ClN4O4/c31-24-8-7-22(33-29(36)21-5-10-27-28(16-21)39-14-13-38-27)17-26(24)34-30(37)20-4-9-25-19(15-20)3-6-23(32-25)18-35-11-1-2-12-35/h3-10,15-17H,1-2,11-14,18H2,(H,33,36)(H,34,37). The number of halogens is 1. The summed E-state index contributed by atoms with van der Waals surface area (Å²) in [5.74, 6) is 0.514. The van der Waals surface area contributed by atoms with Crippen molar-refractivity contribution in [3.05, 3.63) is 88.6 Å². The summed E-state index contributed by atoms with van der Waals surface area (Å²) < 4.78 is 11.1. The van der Waals surface area contributed by atoms with E-state index < -0.39 is 0 Å². The molecule has 1 aromatic heterocycles. The van der Waals surface area contributed by atoms with Crippen molar-refractivity contribution in [1.29, 1.82) is 0 Å². The summed E-state index contributed by atoms with van der Waals surface area (Å²) in [5, 5.41) is 6.95. The average molecular weight is 543 g/mol. The molecule has 2 aliphatic rings. The van der Waals surface area contributed by atoms with E-state index in [1.807, 2.05) is 24.3 Å². The summed E-state index contributed by atoms with van der Waals surface area (Å²) >= 11 is 6.37. The second-order valence-corrected chi connectivity index (χ2v) is 10.1. The van der Waals surface area contributed by atoms with Gasteiger partial charge in [0.1, 0.15) is 13.2 Å². The summed E-state index contributed by atoms with van der Waals surface area (Å²) in [6.45, 7) is 3.99. The first kappa shape index (κ1) is 25.2. The molecule has 39 heavy (non-hydrogen) atoms. The molecule has 0 unspecified atom stereocenters. The number of carbonyl (C=O) groups is 2. The van der Waals surface area contributed by atoms with Crippen molar-refractivity contribution in [2.75, 3.05) is 36.9 Å². The van der Waals surface area contributed by atoms with Crippen molar-refractivity contribution in [3.63, 3.8) is 0 Å². The van der Waals surface area contributed by atoms with E-state index in [2.05, 4.69) is 15.5 Å². The van der Waals surface area contributed by atoms with Crippen LogP contribution < -0.4 is 20.1 Å². The molecule has 4 aromatic rings. The first-order valence-corrected chi connectivity index (χ1v) is 13.3. The molecule has 0 radical (unpaired) electrons. The largest absolute Gasteiger partial charge is 0.486 e. The van der Waals surface area contributed by atoms with Crippen LogP contribution >= 0.6 is 11.6 Å². The number of rotatable bonds is 6. The highest BCUT2D eigenvalue weighted by Gasteiger charge is 2.17. The smallest absolute Gasteiger partial charge is 0.255 e. The first-order valence-electron chi connectivity index (χ1n) is 13.0. The summed E-state index contributed by atoms with van der Waals surface area (Å²) in [6.07, 6.45) is 2.48. The fourth-order valence-electron chi connectivity index (χ4n) is 4.85. The Bertz CT molecular complexity index is 1570. The zero-order valence-electron chi connectivity index (χ0n) is 21.2. The number of fused-ring (bicyclic) bond motifs is 2. The van der Waals surface area contributed by atoms with Crippen LogP contribution in [0.15, 0.2) is 66.7 Å². The van der Waals surface area contributed by atoms with Gasteiger partial charge in [0.15, 0.2) is 11.5 Å². The number of amides is 2. The maximum Gasteiger partial charge on any atom is 0.255 e. The van der Waals surface area contributed by atoms with Gasteiger partial charge >= 0.3 is 0 Å². The van der Waals surface area contributed by atoms with Gasteiger partial charge in [-0.3, -0.25) is 19.5 Å². The van der Waals surface area contributed by atoms with Crippen LogP contribution in [0.25, 0.3) is 10.9 Å². The molecule has 2 N–H and O–H groups in total. The van der Waals surface area contributed by atoms with Gasteiger partial charge in [-0.1, -0.05) is 17.7 Å².